The first kappa shape index (κ1) is 26.3. The summed E-state index contributed by atoms with van der Waals surface area (Å²) in [6, 6.07) is 14.7. The molecular formula is C26H29N3O7S. The van der Waals surface area contributed by atoms with E-state index in [9.17, 15) is 29.9 Å². The van der Waals surface area contributed by atoms with Gasteiger partial charge in [-0.2, -0.15) is 0 Å². The molecule has 2 atom stereocenters. The molecule has 2 unspecified atom stereocenters. The van der Waals surface area contributed by atoms with Crippen molar-refractivity contribution in [2.45, 2.75) is 38.9 Å². The van der Waals surface area contributed by atoms with Gasteiger partial charge in [0.1, 0.15) is 28.2 Å². The Balaban J connectivity index is 1.90. The second kappa shape index (κ2) is 9.29. The Bertz CT molecular complexity index is 1290. The fourth-order valence-corrected chi connectivity index (χ4v) is 7.11. The maximum absolute atomic E-state index is 13.1. The molecule has 2 aromatic carbocycles. The van der Waals surface area contributed by atoms with E-state index in [1.165, 1.54) is 0 Å². The van der Waals surface area contributed by atoms with Crippen LogP contribution in [0.2, 0.25) is 0 Å². The van der Waals surface area contributed by atoms with Crippen molar-refractivity contribution in [3.8, 4) is 5.75 Å². The molecule has 3 N–H and O–H groups in total. The molecule has 0 saturated heterocycles. The fourth-order valence-electron chi connectivity index (χ4n) is 5.52. The third kappa shape index (κ3) is 3.88. The quantitative estimate of drug-likeness (QED) is 0.326. The van der Waals surface area contributed by atoms with Crippen molar-refractivity contribution < 1.29 is 29.5 Å². The highest BCUT2D eigenvalue weighted by atomic mass is 32.2. The molecule has 196 valence electrons. The smallest absolute Gasteiger partial charge is 0.324 e. The van der Waals surface area contributed by atoms with Crippen LogP contribution in [0.3, 0.4) is 0 Å². The topological polar surface area (TPSA) is 142 Å². The molecule has 0 saturated carbocycles. The van der Waals surface area contributed by atoms with Crippen LogP contribution in [0.15, 0.2) is 59.3 Å². The molecule has 0 spiro atoms. The van der Waals surface area contributed by atoms with Gasteiger partial charge in [0, 0.05) is 11.4 Å². The molecule has 4 rings (SSSR count). The van der Waals surface area contributed by atoms with Gasteiger partial charge in [0.15, 0.2) is 0 Å². The first-order valence-corrected chi connectivity index (χ1v) is 12.6. The highest BCUT2D eigenvalue weighted by Gasteiger charge is 2.75. The lowest BCUT2D eigenvalue weighted by Gasteiger charge is -2.47. The number of nitro groups is 1. The van der Waals surface area contributed by atoms with Crippen molar-refractivity contribution in [2.24, 2.45) is 10.8 Å². The summed E-state index contributed by atoms with van der Waals surface area (Å²) in [6.07, 6.45) is -0.140. The lowest BCUT2D eigenvalue weighted by atomic mass is 9.56. The van der Waals surface area contributed by atoms with E-state index in [1.54, 1.807) is 45.9 Å². The third-order valence-corrected chi connectivity index (χ3v) is 8.74. The molecule has 37 heavy (non-hydrogen) atoms. The van der Waals surface area contributed by atoms with Crippen molar-refractivity contribution in [2.75, 3.05) is 23.4 Å². The largest absolute Gasteiger partial charge is 0.490 e. The number of nitrogens with one attached hydrogen (secondary N) is 1. The normalized spacial score (nSPS) is 23.3. The zero-order valence-corrected chi connectivity index (χ0v) is 21.8. The highest BCUT2D eigenvalue weighted by molar-refractivity contribution is 8.05. The summed E-state index contributed by atoms with van der Waals surface area (Å²) in [4.78, 5) is 39.3. The molecule has 0 aromatic heterocycles. The van der Waals surface area contributed by atoms with Gasteiger partial charge in [0.05, 0.1) is 17.2 Å². The maximum Gasteiger partial charge on any atom is 0.324 e. The van der Waals surface area contributed by atoms with Gasteiger partial charge in [-0.05, 0) is 53.9 Å². The molecule has 0 bridgehead atoms. The van der Waals surface area contributed by atoms with Crippen LogP contribution in [0, 0.1) is 20.9 Å². The Morgan fingerprint density at radius 3 is 2.38 bits per heavy atom. The zero-order chi connectivity index (χ0) is 27.2. The number of hydrogen-bond donors (Lipinski definition) is 3. The number of carboxylic acid groups (broad SMARTS) is 2. The fraction of sp³-hybridized carbons (Fsp3) is 0.385. The first-order chi connectivity index (χ1) is 17.4. The molecule has 2 aliphatic rings. The number of aliphatic carboxylic acids is 2. The van der Waals surface area contributed by atoms with E-state index in [2.05, 4.69) is 5.32 Å². The SMILES string of the molecule is CCC1(C(=O)O)SC([N+](=O)[O-])=C(Nc2ccc3c(c2)N(c2ccccc2)CCO3)C1(C(=O)O)C(C)(C)C. The van der Waals surface area contributed by atoms with Crippen molar-refractivity contribution in [1.29, 1.82) is 0 Å². The number of hydrogen-bond acceptors (Lipinski definition) is 8. The van der Waals surface area contributed by atoms with E-state index >= 15 is 0 Å². The molecule has 2 aliphatic heterocycles. The molecule has 2 heterocycles. The van der Waals surface area contributed by atoms with E-state index < -0.39 is 37.5 Å². The number of carboxylic acids is 2. The van der Waals surface area contributed by atoms with Gasteiger partial charge in [-0.3, -0.25) is 19.7 Å². The minimum absolute atomic E-state index is 0.140. The van der Waals surface area contributed by atoms with Gasteiger partial charge in [-0.25, -0.2) is 0 Å². The van der Waals surface area contributed by atoms with Crippen LogP contribution in [0.1, 0.15) is 34.1 Å². The second-order valence-electron chi connectivity index (χ2n) is 9.97. The Morgan fingerprint density at radius 2 is 1.84 bits per heavy atom. The second-order valence-corrected chi connectivity index (χ2v) is 11.3. The Labute approximate surface area is 218 Å². The number of anilines is 3. The number of carbonyl (C=O) groups is 2. The minimum Gasteiger partial charge on any atom is -0.490 e. The predicted molar refractivity (Wildman–Crippen MR) is 141 cm³/mol. The van der Waals surface area contributed by atoms with Crippen LogP contribution in [-0.4, -0.2) is 45.0 Å². The Morgan fingerprint density at radius 1 is 1.16 bits per heavy atom. The van der Waals surface area contributed by atoms with Gasteiger partial charge >= 0.3 is 17.0 Å². The summed E-state index contributed by atoms with van der Waals surface area (Å²) in [7, 11) is 0. The Hall–Kier alpha value is -3.73. The molecule has 0 amide bonds. The summed E-state index contributed by atoms with van der Waals surface area (Å²) >= 11 is 0.493. The molecule has 0 fully saturated rings. The van der Waals surface area contributed by atoms with Gasteiger partial charge < -0.3 is 25.2 Å². The van der Waals surface area contributed by atoms with Gasteiger partial charge in [-0.15, -0.1) is 0 Å². The van der Waals surface area contributed by atoms with Crippen LogP contribution in [0.25, 0.3) is 0 Å². The maximum atomic E-state index is 13.1. The number of nitrogens with zero attached hydrogens (tertiary/aromatic N) is 2. The van der Waals surface area contributed by atoms with Gasteiger partial charge in [0.2, 0.25) is 0 Å². The molecule has 10 nitrogen and oxygen atoms in total. The van der Waals surface area contributed by atoms with Crippen LogP contribution in [0.5, 0.6) is 5.75 Å². The van der Waals surface area contributed by atoms with E-state index in [0.717, 1.165) is 5.69 Å². The first-order valence-electron chi connectivity index (χ1n) is 11.8. The number of thioether (sulfide) groups is 1. The third-order valence-electron chi connectivity index (χ3n) is 7.08. The number of para-hydroxylation sites is 1. The minimum atomic E-state index is -2.14. The van der Waals surface area contributed by atoms with Gasteiger partial charge in [0.25, 0.3) is 0 Å². The van der Waals surface area contributed by atoms with E-state index in [4.69, 9.17) is 4.74 Å². The lowest BCUT2D eigenvalue weighted by molar-refractivity contribution is -0.411. The van der Waals surface area contributed by atoms with Crippen molar-refractivity contribution in [3.05, 3.63) is 69.4 Å². The number of rotatable bonds is 7. The summed E-state index contributed by atoms with van der Waals surface area (Å²) < 4.78 is 3.80. The average molecular weight is 528 g/mol. The summed E-state index contributed by atoms with van der Waals surface area (Å²) in [6.45, 7) is 7.36. The van der Waals surface area contributed by atoms with E-state index in [1.807, 2.05) is 35.2 Å². The van der Waals surface area contributed by atoms with Crippen LogP contribution in [0.4, 0.5) is 17.1 Å². The molecule has 11 heteroatoms. The van der Waals surface area contributed by atoms with Crippen molar-refractivity contribution >= 4 is 40.8 Å². The summed E-state index contributed by atoms with van der Waals surface area (Å²) in [5.74, 6) is -2.25. The van der Waals surface area contributed by atoms with E-state index in [-0.39, 0.29) is 12.1 Å². The zero-order valence-electron chi connectivity index (χ0n) is 21.0. The molecule has 2 aromatic rings. The standard InChI is InChI=1S/C26H29N3O7S/c1-5-25(22(30)31)26(23(32)33,24(2,3)4)20(21(37-25)29(34)35)27-16-11-12-19-18(15-16)28(13-14-36-19)17-9-7-6-8-10-17/h6-12,15,27H,5,13-14H2,1-4H3,(H,30,31)(H,32,33). The van der Waals surface area contributed by atoms with E-state index in [0.29, 0.717) is 42.0 Å². The molecular weight excluding hydrogens is 498 g/mol. The average Bonchev–Trinajstić information content (AvgIpc) is 3.17. The molecule has 0 aliphatic carbocycles. The van der Waals surface area contributed by atoms with Crippen LogP contribution < -0.4 is 15.0 Å². The van der Waals surface area contributed by atoms with Crippen molar-refractivity contribution in [3.63, 3.8) is 0 Å². The van der Waals surface area contributed by atoms with Crippen LogP contribution >= 0.6 is 11.8 Å². The summed E-state index contributed by atoms with van der Waals surface area (Å²) in [5, 5.41) is 35.7. The lowest BCUT2D eigenvalue weighted by Crippen LogP contribution is -2.61. The summed E-state index contributed by atoms with van der Waals surface area (Å²) in [5.41, 5.74) is -1.58. The Kier molecular flexibility index (Phi) is 6.61. The van der Waals surface area contributed by atoms with Crippen molar-refractivity contribution in [1.82, 2.24) is 0 Å². The number of ether oxygens (including phenoxy) is 1. The predicted octanol–water partition coefficient (Wildman–Crippen LogP) is 5.17. The number of benzene rings is 2. The highest BCUT2D eigenvalue weighted by Crippen LogP contribution is 2.66. The van der Waals surface area contributed by atoms with Crippen LogP contribution in [-0.2, 0) is 9.59 Å². The van der Waals surface area contributed by atoms with Gasteiger partial charge in [-0.1, -0.05) is 45.9 Å². The molecule has 0 radical (unpaired) electrons. The number of fused-ring (bicyclic) bond motifs is 1. The monoisotopic (exact) mass is 527 g/mol.